The van der Waals surface area contributed by atoms with Crippen LogP contribution in [-0.4, -0.2) is 14.7 Å². The highest BCUT2D eigenvalue weighted by Gasteiger charge is 2.22. The molecule has 4 heteroatoms. The maximum Gasteiger partial charge on any atom is 0.140 e. The second-order valence-corrected chi connectivity index (χ2v) is 3.48. The van der Waals surface area contributed by atoms with Gasteiger partial charge in [-0.05, 0) is 19.3 Å². The summed E-state index contributed by atoms with van der Waals surface area (Å²) in [5.41, 5.74) is 0.699. The van der Waals surface area contributed by atoms with Crippen LogP contribution in [0, 0.1) is 6.10 Å². The molecule has 1 aromatic heterocycles. The third-order valence-corrected chi connectivity index (χ3v) is 2.47. The minimum Gasteiger partial charge on any atom is -0.380 e. The third kappa shape index (κ3) is 1.62. The fourth-order valence-corrected chi connectivity index (χ4v) is 1.83. The van der Waals surface area contributed by atoms with Crippen LogP contribution in [0.3, 0.4) is 0 Å². The summed E-state index contributed by atoms with van der Waals surface area (Å²) < 4.78 is 1.75. The lowest BCUT2D eigenvalue weighted by Gasteiger charge is -2.21. The van der Waals surface area contributed by atoms with Gasteiger partial charge < -0.3 is 9.67 Å². The number of halogens is 1. The number of hydrogen-bond acceptors (Lipinski definition) is 2. The molecule has 1 N–H and O–H groups in total. The highest BCUT2D eigenvalue weighted by atomic mass is 35.5. The number of nitrogens with zero attached hydrogens (tertiary/aromatic N) is 2. The van der Waals surface area contributed by atoms with Gasteiger partial charge in [-0.3, -0.25) is 0 Å². The van der Waals surface area contributed by atoms with Crippen molar-refractivity contribution in [2.45, 2.75) is 19.3 Å². The van der Waals surface area contributed by atoms with Crippen LogP contribution in [0.5, 0.6) is 0 Å². The fraction of sp³-hybridized carbons (Fsp3) is 0.333. The fourth-order valence-electron chi connectivity index (χ4n) is 1.48. The van der Waals surface area contributed by atoms with Crippen molar-refractivity contribution >= 4 is 17.3 Å². The zero-order valence-electron chi connectivity index (χ0n) is 7.07. The summed E-state index contributed by atoms with van der Waals surface area (Å²) in [5.74, 6) is 0. The second-order valence-electron chi connectivity index (χ2n) is 3.02. The number of aliphatic hydroxyl groups excluding tert-OH is 1. The van der Waals surface area contributed by atoms with Crippen LogP contribution in [0.2, 0.25) is 0 Å². The highest BCUT2D eigenvalue weighted by molar-refractivity contribution is 6.32. The van der Waals surface area contributed by atoms with Gasteiger partial charge in [0.2, 0.25) is 0 Å². The molecule has 0 unspecified atom stereocenters. The number of imidazole rings is 1. The monoisotopic (exact) mass is 197 g/mol. The lowest BCUT2D eigenvalue weighted by atomic mass is 10.0. The van der Waals surface area contributed by atoms with E-state index < -0.39 is 0 Å². The van der Waals surface area contributed by atoms with E-state index >= 15 is 0 Å². The molecule has 3 nitrogen and oxygen atoms in total. The molecule has 1 heterocycles. The van der Waals surface area contributed by atoms with Crippen LogP contribution < -0.4 is 0 Å². The van der Waals surface area contributed by atoms with Crippen molar-refractivity contribution in [1.29, 1.82) is 0 Å². The molecule has 1 aliphatic carbocycles. The van der Waals surface area contributed by atoms with Gasteiger partial charge in [0.25, 0.3) is 0 Å². The number of aromatic nitrogens is 2. The first-order chi connectivity index (χ1) is 6.29. The largest absolute Gasteiger partial charge is 0.380 e. The molecule has 1 aliphatic rings. The first kappa shape index (κ1) is 8.78. The molecule has 0 aromatic carbocycles. The Labute approximate surface area is 81.7 Å². The van der Waals surface area contributed by atoms with Crippen molar-refractivity contribution in [3.63, 3.8) is 0 Å². The first-order valence-corrected chi connectivity index (χ1v) is 4.59. The summed E-state index contributed by atoms with van der Waals surface area (Å²) in [6, 6.07) is 0. The van der Waals surface area contributed by atoms with E-state index in [1.54, 1.807) is 23.3 Å². The zero-order chi connectivity index (χ0) is 9.26. The minimum absolute atomic E-state index is 0.356. The lowest BCUT2D eigenvalue weighted by Crippen LogP contribution is -2.11. The zero-order valence-corrected chi connectivity index (χ0v) is 7.83. The predicted octanol–water partition coefficient (Wildman–Crippen LogP) is 2.38. The van der Waals surface area contributed by atoms with E-state index in [-0.39, 0.29) is 0 Å². The Morgan fingerprint density at radius 1 is 1.46 bits per heavy atom. The van der Waals surface area contributed by atoms with E-state index in [1.165, 1.54) is 0 Å². The molecule has 0 saturated heterocycles. The summed E-state index contributed by atoms with van der Waals surface area (Å²) in [5, 5.41) is 10.3. The van der Waals surface area contributed by atoms with Crippen molar-refractivity contribution in [3.8, 4) is 0 Å². The van der Waals surface area contributed by atoms with Crippen LogP contribution in [0.15, 0.2) is 23.8 Å². The second kappa shape index (κ2) is 3.52. The molecule has 2 rings (SSSR count). The van der Waals surface area contributed by atoms with Crippen LogP contribution in [0.1, 0.15) is 19.3 Å². The molecule has 69 valence electrons. The van der Waals surface area contributed by atoms with Crippen molar-refractivity contribution in [2.24, 2.45) is 0 Å². The quantitative estimate of drug-likeness (QED) is 0.751. The van der Waals surface area contributed by atoms with E-state index in [1.807, 2.05) is 0 Å². The molecule has 0 amide bonds. The van der Waals surface area contributed by atoms with Crippen molar-refractivity contribution in [2.75, 3.05) is 0 Å². The Balaban J connectivity index is 2.39. The molecule has 0 bridgehead atoms. The van der Waals surface area contributed by atoms with Crippen LogP contribution in [-0.2, 0) is 0 Å². The van der Waals surface area contributed by atoms with Crippen LogP contribution in [0.25, 0.3) is 5.70 Å². The SMILES string of the molecule is O[C]1CCCC(Cl)=C1n1ccnc1. The van der Waals surface area contributed by atoms with E-state index in [0.717, 1.165) is 12.8 Å². The average Bonchev–Trinajstić information content (AvgIpc) is 2.57. The summed E-state index contributed by atoms with van der Waals surface area (Å²) in [7, 11) is 0. The predicted molar refractivity (Wildman–Crippen MR) is 50.3 cm³/mol. The van der Waals surface area contributed by atoms with E-state index in [9.17, 15) is 5.11 Å². The smallest absolute Gasteiger partial charge is 0.140 e. The Morgan fingerprint density at radius 3 is 2.92 bits per heavy atom. The van der Waals surface area contributed by atoms with Crippen molar-refractivity contribution < 1.29 is 5.11 Å². The van der Waals surface area contributed by atoms with Gasteiger partial charge in [-0.1, -0.05) is 11.6 Å². The van der Waals surface area contributed by atoms with Gasteiger partial charge in [0.05, 0.1) is 12.0 Å². The number of allylic oxidation sites excluding steroid dienone is 1. The van der Waals surface area contributed by atoms with Gasteiger partial charge in [-0.25, -0.2) is 4.98 Å². The Bertz CT molecular complexity index is 318. The molecule has 0 atom stereocenters. The Morgan fingerprint density at radius 2 is 2.31 bits per heavy atom. The Kier molecular flexibility index (Phi) is 2.38. The standard InChI is InChI=1S/C9H10ClN2O/c10-7-2-1-3-8(13)9(7)12-5-4-11-6-12/h4-6,13H,1-3H2. The third-order valence-electron chi connectivity index (χ3n) is 2.10. The topological polar surface area (TPSA) is 38.0 Å². The lowest BCUT2D eigenvalue weighted by molar-refractivity contribution is 0.311. The van der Waals surface area contributed by atoms with Gasteiger partial charge in [0.1, 0.15) is 6.10 Å². The van der Waals surface area contributed by atoms with Crippen molar-refractivity contribution in [1.82, 2.24) is 9.55 Å². The normalized spacial score (nSPS) is 19.5. The molecule has 1 radical (unpaired) electrons. The highest BCUT2D eigenvalue weighted by Crippen LogP contribution is 2.34. The maximum absolute atomic E-state index is 9.64. The van der Waals surface area contributed by atoms with Gasteiger partial charge in [-0.2, -0.15) is 0 Å². The molecule has 13 heavy (non-hydrogen) atoms. The van der Waals surface area contributed by atoms with Crippen LogP contribution >= 0.6 is 11.6 Å². The number of aliphatic hydroxyl groups is 1. The molecular weight excluding hydrogens is 188 g/mol. The van der Waals surface area contributed by atoms with E-state index in [2.05, 4.69) is 4.98 Å². The average molecular weight is 198 g/mol. The summed E-state index contributed by atoms with van der Waals surface area (Å²) in [6.07, 6.45) is 7.89. The summed E-state index contributed by atoms with van der Waals surface area (Å²) in [4.78, 5) is 3.91. The van der Waals surface area contributed by atoms with E-state index in [0.29, 0.717) is 23.3 Å². The van der Waals surface area contributed by atoms with Crippen LogP contribution in [0.4, 0.5) is 0 Å². The molecule has 0 aliphatic heterocycles. The maximum atomic E-state index is 9.64. The van der Waals surface area contributed by atoms with Crippen molar-refractivity contribution in [3.05, 3.63) is 29.9 Å². The Hall–Kier alpha value is -0.800. The van der Waals surface area contributed by atoms with Gasteiger partial charge in [0, 0.05) is 17.4 Å². The first-order valence-electron chi connectivity index (χ1n) is 4.21. The van der Waals surface area contributed by atoms with Gasteiger partial charge >= 0.3 is 0 Å². The molecule has 0 fully saturated rings. The molecule has 0 spiro atoms. The van der Waals surface area contributed by atoms with Gasteiger partial charge in [-0.15, -0.1) is 0 Å². The molecule has 0 saturated carbocycles. The number of hydrogen-bond donors (Lipinski definition) is 1. The molecule has 1 aromatic rings. The van der Waals surface area contributed by atoms with E-state index in [4.69, 9.17) is 11.6 Å². The molecular formula is C9H10ClN2O. The summed E-state index contributed by atoms with van der Waals surface area (Å²) in [6.45, 7) is 0. The number of rotatable bonds is 1. The summed E-state index contributed by atoms with van der Waals surface area (Å²) >= 11 is 6.02. The minimum atomic E-state index is 0.356. The van der Waals surface area contributed by atoms with Gasteiger partial charge in [0.15, 0.2) is 0 Å².